The largest absolute Gasteiger partial charge is 0.502 e. The number of aromatic nitrogens is 3. The SMILES string of the molecule is CCCC(O)/C(=C/OC)n1nc2ccccc2n1. The van der Waals surface area contributed by atoms with Crippen LogP contribution in [-0.4, -0.2) is 33.3 Å². The van der Waals surface area contributed by atoms with Crippen LogP contribution in [0.3, 0.4) is 0 Å². The number of hydrogen-bond donors (Lipinski definition) is 1. The van der Waals surface area contributed by atoms with Crippen molar-refractivity contribution in [2.45, 2.75) is 25.9 Å². The number of ether oxygens (including phenoxy) is 1. The Labute approximate surface area is 106 Å². The van der Waals surface area contributed by atoms with Crippen LogP contribution in [0, 0.1) is 0 Å². The summed E-state index contributed by atoms with van der Waals surface area (Å²) in [6.07, 6.45) is 2.38. The third kappa shape index (κ3) is 2.51. The van der Waals surface area contributed by atoms with Crippen LogP contribution in [0.25, 0.3) is 16.7 Å². The summed E-state index contributed by atoms with van der Waals surface area (Å²) in [4.78, 5) is 1.44. The topological polar surface area (TPSA) is 60.2 Å². The maximum absolute atomic E-state index is 10.1. The third-order valence-corrected chi connectivity index (χ3v) is 2.66. The minimum Gasteiger partial charge on any atom is -0.502 e. The molecule has 0 saturated carbocycles. The highest BCUT2D eigenvalue weighted by atomic mass is 16.5. The number of fused-ring (bicyclic) bond motifs is 1. The van der Waals surface area contributed by atoms with Crippen molar-refractivity contribution < 1.29 is 9.84 Å². The van der Waals surface area contributed by atoms with Crippen molar-refractivity contribution in [3.8, 4) is 0 Å². The van der Waals surface area contributed by atoms with Gasteiger partial charge in [0.2, 0.25) is 0 Å². The van der Waals surface area contributed by atoms with E-state index in [0.29, 0.717) is 12.1 Å². The quantitative estimate of drug-likeness (QED) is 0.821. The number of rotatable bonds is 5. The molecule has 0 bridgehead atoms. The molecule has 1 unspecified atom stereocenters. The molecule has 2 aromatic rings. The number of aliphatic hydroxyl groups is 1. The molecule has 0 aliphatic carbocycles. The Bertz CT molecular complexity index is 515. The van der Waals surface area contributed by atoms with Gasteiger partial charge in [-0.15, -0.1) is 15.0 Å². The fourth-order valence-corrected chi connectivity index (χ4v) is 1.78. The van der Waals surface area contributed by atoms with Crippen molar-refractivity contribution in [2.75, 3.05) is 7.11 Å². The van der Waals surface area contributed by atoms with Gasteiger partial charge in [0, 0.05) is 0 Å². The van der Waals surface area contributed by atoms with Crippen LogP contribution in [0.15, 0.2) is 30.5 Å². The van der Waals surface area contributed by atoms with E-state index in [-0.39, 0.29) is 0 Å². The number of aliphatic hydroxyl groups excluding tert-OH is 1. The van der Waals surface area contributed by atoms with Crippen molar-refractivity contribution in [1.29, 1.82) is 0 Å². The van der Waals surface area contributed by atoms with Crippen LogP contribution in [0.4, 0.5) is 0 Å². The van der Waals surface area contributed by atoms with Crippen molar-refractivity contribution in [1.82, 2.24) is 15.0 Å². The molecule has 1 atom stereocenters. The molecular formula is C13H17N3O2. The molecule has 0 fully saturated rings. The molecule has 1 aromatic carbocycles. The Kier molecular flexibility index (Phi) is 3.94. The lowest BCUT2D eigenvalue weighted by atomic mass is 10.2. The van der Waals surface area contributed by atoms with Gasteiger partial charge in [0.1, 0.15) is 29.1 Å². The fraction of sp³-hybridized carbons (Fsp3) is 0.385. The zero-order valence-electron chi connectivity index (χ0n) is 10.6. The van der Waals surface area contributed by atoms with Gasteiger partial charge in [0.05, 0.1) is 7.11 Å². The predicted molar refractivity (Wildman–Crippen MR) is 69.7 cm³/mol. The summed E-state index contributed by atoms with van der Waals surface area (Å²) in [5.74, 6) is 0. The van der Waals surface area contributed by atoms with Crippen LogP contribution in [0.2, 0.25) is 0 Å². The summed E-state index contributed by atoms with van der Waals surface area (Å²) in [5.41, 5.74) is 2.14. The van der Waals surface area contributed by atoms with Crippen LogP contribution in [0.1, 0.15) is 19.8 Å². The Balaban J connectivity index is 2.39. The van der Waals surface area contributed by atoms with E-state index in [9.17, 15) is 5.11 Å². The number of hydrogen-bond acceptors (Lipinski definition) is 4. The average molecular weight is 247 g/mol. The summed E-state index contributed by atoms with van der Waals surface area (Å²) in [7, 11) is 1.54. The molecule has 0 amide bonds. The summed E-state index contributed by atoms with van der Waals surface area (Å²) in [6, 6.07) is 7.58. The van der Waals surface area contributed by atoms with Crippen molar-refractivity contribution in [3.05, 3.63) is 30.5 Å². The van der Waals surface area contributed by atoms with Crippen molar-refractivity contribution >= 4 is 16.7 Å². The summed E-state index contributed by atoms with van der Waals surface area (Å²) in [5, 5.41) is 18.7. The number of benzene rings is 1. The molecule has 96 valence electrons. The van der Waals surface area contributed by atoms with E-state index in [4.69, 9.17) is 4.74 Å². The van der Waals surface area contributed by atoms with Gasteiger partial charge in [-0.25, -0.2) is 0 Å². The van der Waals surface area contributed by atoms with Gasteiger partial charge >= 0.3 is 0 Å². The van der Waals surface area contributed by atoms with E-state index in [1.165, 1.54) is 11.1 Å². The lowest BCUT2D eigenvalue weighted by Gasteiger charge is -2.12. The van der Waals surface area contributed by atoms with Gasteiger partial charge in [0.25, 0.3) is 0 Å². The molecule has 5 nitrogen and oxygen atoms in total. The zero-order valence-corrected chi connectivity index (χ0v) is 10.6. The lowest BCUT2D eigenvalue weighted by molar-refractivity contribution is 0.206. The molecule has 0 spiro atoms. The molecule has 0 radical (unpaired) electrons. The number of methoxy groups -OCH3 is 1. The molecule has 0 aliphatic heterocycles. The first kappa shape index (κ1) is 12.6. The standard InChI is InChI=1S/C13H17N3O2/c1-3-6-13(17)12(9-18-2)16-14-10-7-4-5-8-11(10)15-16/h4-5,7-9,13,17H,3,6H2,1-2H3/b12-9-. The highest BCUT2D eigenvalue weighted by Gasteiger charge is 2.15. The second-order valence-corrected chi connectivity index (χ2v) is 4.06. The van der Waals surface area contributed by atoms with E-state index in [1.807, 2.05) is 31.2 Å². The predicted octanol–water partition coefficient (Wildman–Crippen LogP) is 2.04. The first-order valence-electron chi connectivity index (χ1n) is 5.99. The van der Waals surface area contributed by atoms with Gasteiger partial charge in [-0.2, -0.15) is 0 Å². The normalized spacial score (nSPS) is 13.8. The second-order valence-electron chi connectivity index (χ2n) is 4.06. The highest BCUT2D eigenvalue weighted by Crippen LogP contribution is 2.16. The Morgan fingerprint density at radius 1 is 1.39 bits per heavy atom. The molecule has 0 aliphatic rings. The minimum atomic E-state index is -0.628. The van der Waals surface area contributed by atoms with E-state index < -0.39 is 6.10 Å². The van der Waals surface area contributed by atoms with Gasteiger partial charge < -0.3 is 9.84 Å². The Morgan fingerprint density at radius 3 is 2.50 bits per heavy atom. The molecular weight excluding hydrogens is 230 g/mol. The molecule has 0 saturated heterocycles. The van der Waals surface area contributed by atoms with E-state index in [1.54, 1.807) is 7.11 Å². The van der Waals surface area contributed by atoms with Crippen LogP contribution >= 0.6 is 0 Å². The molecule has 1 heterocycles. The Morgan fingerprint density at radius 2 is 2.00 bits per heavy atom. The smallest absolute Gasteiger partial charge is 0.126 e. The van der Waals surface area contributed by atoms with Gasteiger partial charge in [-0.05, 0) is 18.6 Å². The zero-order chi connectivity index (χ0) is 13.0. The van der Waals surface area contributed by atoms with E-state index >= 15 is 0 Å². The third-order valence-electron chi connectivity index (χ3n) is 2.66. The van der Waals surface area contributed by atoms with E-state index in [0.717, 1.165) is 17.5 Å². The molecule has 2 rings (SSSR count). The maximum atomic E-state index is 10.1. The maximum Gasteiger partial charge on any atom is 0.126 e. The Hall–Kier alpha value is -1.88. The molecule has 1 aromatic heterocycles. The highest BCUT2D eigenvalue weighted by molar-refractivity contribution is 5.74. The average Bonchev–Trinajstić information content (AvgIpc) is 2.79. The fourth-order valence-electron chi connectivity index (χ4n) is 1.78. The summed E-state index contributed by atoms with van der Waals surface area (Å²) < 4.78 is 5.00. The van der Waals surface area contributed by atoms with Crippen LogP contribution < -0.4 is 0 Å². The van der Waals surface area contributed by atoms with Crippen molar-refractivity contribution in [3.63, 3.8) is 0 Å². The monoisotopic (exact) mass is 247 g/mol. The molecule has 1 N–H and O–H groups in total. The lowest BCUT2D eigenvalue weighted by Crippen LogP contribution is -2.17. The first-order chi connectivity index (χ1) is 8.76. The number of nitrogens with zero attached hydrogens (tertiary/aromatic N) is 3. The van der Waals surface area contributed by atoms with Gasteiger partial charge in [-0.1, -0.05) is 25.5 Å². The van der Waals surface area contributed by atoms with Gasteiger partial charge in [-0.3, -0.25) is 0 Å². The summed E-state index contributed by atoms with van der Waals surface area (Å²) >= 11 is 0. The molecule has 18 heavy (non-hydrogen) atoms. The van der Waals surface area contributed by atoms with Gasteiger partial charge in [0.15, 0.2) is 0 Å². The van der Waals surface area contributed by atoms with E-state index in [2.05, 4.69) is 10.2 Å². The minimum absolute atomic E-state index is 0.551. The second kappa shape index (κ2) is 5.64. The first-order valence-corrected chi connectivity index (χ1v) is 5.99. The van der Waals surface area contributed by atoms with Crippen LogP contribution in [-0.2, 0) is 4.74 Å². The van der Waals surface area contributed by atoms with Crippen LogP contribution in [0.5, 0.6) is 0 Å². The molecule has 5 heteroatoms. The summed E-state index contributed by atoms with van der Waals surface area (Å²) in [6.45, 7) is 2.01. The van der Waals surface area contributed by atoms with Crippen molar-refractivity contribution in [2.24, 2.45) is 0 Å².